The van der Waals surface area contributed by atoms with E-state index < -0.39 is 31.0 Å². The van der Waals surface area contributed by atoms with Crippen LogP contribution in [0.2, 0.25) is 0 Å². The van der Waals surface area contributed by atoms with Crippen molar-refractivity contribution in [3.8, 4) is 0 Å². The Morgan fingerprint density at radius 2 is 2.15 bits per heavy atom. The summed E-state index contributed by atoms with van der Waals surface area (Å²) in [5.74, 6) is -0.526. The number of carbonyl (C=O) groups is 1. The van der Waals surface area contributed by atoms with Crippen LogP contribution in [0.15, 0.2) is 0 Å². The maximum absolute atomic E-state index is 11.7. The van der Waals surface area contributed by atoms with Gasteiger partial charge in [-0.2, -0.15) is 0 Å². The molecule has 6 heteroatoms. The number of carbonyl (C=O) groups excluding carboxylic acids is 1. The number of aliphatic hydroxyl groups excluding tert-OH is 1. The van der Waals surface area contributed by atoms with Crippen molar-refractivity contribution in [1.29, 1.82) is 0 Å². The summed E-state index contributed by atoms with van der Waals surface area (Å²) >= 11 is 0. The zero-order chi connectivity index (χ0) is 10.4. The van der Waals surface area contributed by atoms with Crippen molar-refractivity contribution < 1.29 is 18.7 Å². The van der Waals surface area contributed by atoms with Crippen LogP contribution in [0.1, 0.15) is 13.3 Å². The smallest absolute Gasteiger partial charge is 0.265 e. The molecule has 0 heterocycles. The maximum Gasteiger partial charge on any atom is 0.265 e. The molecule has 0 aliphatic carbocycles. The van der Waals surface area contributed by atoms with Gasteiger partial charge < -0.3 is 16.2 Å². The first-order chi connectivity index (χ1) is 5.99. The molecule has 0 aromatic heterocycles. The van der Waals surface area contributed by atoms with Crippen molar-refractivity contribution in [3.05, 3.63) is 0 Å². The maximum atomic E-state index is 11.7. The Balaban J connectivity index is 3.70. The lowest BCUT2D eigenvalue weighted by Gasteiger charge is -2.13. The van der Waals surface area contributed by atoms with E-state index in [0.717, 1.165) is 0 Å². The number of halogens is 2. The van der Waals surface area contributed by atoms with Crippen molar-refractivity contribution in [2.45, 2.75) is 31.9 Å². The van der Waals surface area contributed by atoms with E-state index in [1.165, 1.54) is 0 Å². The van der Waals surface area contributed by atoms with E-state index in [-0.39, 0.29) is 0 Å². The summed E-state index contributed by atoms with van der Waals surface area (Å²) in [5, 5.41) is 10.7. The van der Waals surface area contributed by atoms with Crippen LogP contribution in [-0.2, 0) is 4.79 Å². The molecule has 0 radical (unpaired) electrons. The first-order valence-corrected chi connectivity index (χ1v) is 3.98. The number of alkyl halides is 2. The van der Waals surface area contributed by atoms with Crippen LogP contribution in [0, 0.1) is 0 Å². The highest BCUT2D eigenvalue weighted by atomic mass is 19.3. The Bertz CT molecular complexity index is 167. The van der Waals surface area contributed by atoms with Gasteiger partial charge in [-0.1, -0.05) is 6.92 Å². The van der Waals surface area contributed by atoms with Gasteiger partial charge in [-0.15, -0.1) is 0 Å². The minimum Gasteiger partial charge on any atom is -0.385 e. The van der Waals surface area contributed by atoms with Gasteiger partial charge in [-0.25, -0.2) is 8.78 Å². The predicted molar refractivity (Wildman–Crippen MR) is 43.3 cm³/mol. The van der Waals surface area contributed by atoms with E-state index >= 15 is 0 Å². The van der Waals surface area contributed by atoms with Crippen molar-refractivity contribution in [3.63, 3.8) is 0 Å². The van der Waals surface area contributed by atoms with E-state index in [1.807, 2.05) is 0 Å². The van der Waals surface area contributed by atoms with Gasteiger partial charge in [0.2, 0.25) is 5.91 Å². The third kappa shape index (κ3) is 4.74. The van der Waals surface area contributed by atoms with Gasteiger partial charge in [0.05, 0.1) is 6.04 Å². The molecule has 4 N–H and O–H groups in total. The summed E-state index contributed by atoms with van der Waals surface area (Å²) in [7, 11) is 0. The molecule has 0 saturated heterocycles. The van der Waals surface area contributed by atoms with E-state index in [2.05, 4.69) is 5.32 Å². The number of aliphatic hydroxyl groups is 1. The van der Waals surface area contributed by atoms with Crippen LogP contribution in [0.5, 0.6) is 0 Å². The van der Waals surface area contributed by atoms with Gasteiger partial charge in [-0.3, -0.25) is 4.79 Å². The fourth-order valence-electron chi connectivity index (χ4n) is 0.611. The number of nitrogens with two attached hydrogens (primary N) is 1. The number of nitrogens with one attached hydrogen (secondary N) is 1. The van der Waals surface area contributed by atoms with Crippen LogP contribution >= 0.6 is 0 Å². The topological polar surface area (TPSA) is 75.4 Å². The number of rotatable bonds is 5. The Labute approximate surface area is 75.1 Å². The first kappa shape index (κ1) is 12.2. The average molecular weight is 196 g/mol. The summed E-state index contributed by atoms with van der Waals surface area (Å²) in [4.78, 5) is 10.9. The Kier molecular flexibility index (Phi) is 5.48. The highest BCUT2D eigenvalue weighted by Crippen LogP contribution is 1.98. The second-order valence-electron chi connectivity index (χ2n) is 2.66. The largest absolute Gasteiger partial charge is 0.385 e. The first-order valence-electron chi connectivity index (χ1n) is 3.98. The SMILES string of the molecule is CC[C@@H](N)C(=O)NCC(O)C(F)F. The monoisotopic (exact) mass is 196 g/mol. The van der Waals surface area contributed by atoms with Crippen LogP contribution in [-0.4, -0.2) is 36.1 Å². The molecule has 0 aliphatic heterocycles. The number of hydrogen-bond acceptors (Lipinski definition) is 3. The highest BCUT2D eigenvalue weighted by molar-refractivity contribution is 5.81. The summed E-state index contributed by atoms with van der Waals surface area (Å²) in [6.45, 7) is 1.23. The fraction of sp³-hybridized carbons (Fsp3) is 0.857. The lowest BCUT2D eigenvalue weighted by Crippen LogP contribution is -2.44. The molecule has 0 saturated carbocycles. The molecule has 1 amide bonds. The standard InChI is InChI=1S/C7H14F2N2O2/c1-2-4(10)7(13)11-3-5(12)6(8)9/h4-6,12H,2-3,10H2,1H3,(H,11,13)/t4-,5?/m1/s1. The lowest BCUT2D eigenvalue weighted by atomic mass is 10.2. The molecular formula is C7H14F2N2O2. The Morgan fingerprint density at radius 1 is 1.62 bits per heavy atom. The molecule has 2 atom stereocenters. The fourth-order valence-corrected chi connectivity index (χ4v) is 0.611. The quantitative estimate of drug-likeness (QED) is 0.553. The van der Waals surface area contributed by atoms with Gasteiger partial charge in [0.15, 0.2) is 0 Å². The molecule has 4 nitrogen and oxygen atoms in total. The molecule has 0 bridgehead atoms. The molecule has 13 heavy (non-hydrogen) atoms. The number of hydrogen-bond donors (Lipinski definition) is 3. The normalized spacial score (nSPS) is 15.5. The van der Waals surface area contributed by atoms with Crippen LogP contribution < -0.4 is 11.1 Å². The van der Waals surface area contributed by atoms with E-state index in [9.17, 15) is 13.6 Å². The molecule has 0 aliphatic rings. The molecule has 0 spiro atoms. The minimum atomic E-state index is -2.85. The second-order valence-corrected chi connectivity index (χ2v) is 2.66. The highest BCUT2D eigenvalue weighted by Gasteiger charge is 2.18. The molecule has 0 fully saturated rings. The van der Waals surface area contributed by atoms with Crippen LogP contribution in [0.4, 0.5) is 8.78 Å². The van der Waals surface area contributed by atoms with Crippen LogP contribution in [0.3, 0.4) is 0 Å². The molecule has 0 aromatic rings. The van der Waals surface area contributed by atoms with Gasteiger partial charge in [0.25, 0.3) is 6.43 Å². The molecule has 78 valence electrons. The second kappa shape index (κ2) is 5.82. The average Bonchev–Trinajstić information content (AvgIpc) is 2.11. The summed E-state index contributed by atoms with van der Waals surface area (Å²) < 4.78 is 23.5. The Morgan fingerprint density at radius 3 is 2.54 bits per heavy atom. The molecule has 0 aromatic carbocycles. The van der Waals surface area contributed by atoms with Gasteiger partial charge >= 0.3 is 0 Å². The van der Waals surface area contributed by atoms with Gasteiger partial charge in [0.1, 0.15) is 6.10 Å². The summed E-state index contributed by atoms with van der Waals surface area (Å²) in [5.41, 5.74) is 5.30. The van der Waals surface area contributed by atoms with Crippen molar-refractivity contribution in [1.82, 2.24) is 5.32 Å². The number of amides is 1. The molecular weight excluding hydrogens is 182 g/mol. The third-order valence-corrected chi connectivity index (χ3v) is 1.55. The zero-order valence-electron chi connectivity index (χ0n) is 7.34. The van der Waals surface area contributed by atoms with Gasteiger partial charge in [0, 0.05) is 6.54 Å². The Hall–Kier alpha value is -0.750. The van der Waals surface area contributed by atoms with E-state index in [0.29, 0.717) is 6.42 Å². The van der Waals surface area contributed by atoms with E-state index in [4.69, 9.17) is 10.8 Å². The molecule has 1 unspecified atom stereocenters. The zero-order valence-corrected chi connectivity index (χ0v) is 7.34. The summed E-state index contributed by atoms with van der Waals surface area (Å²) in [6.07, 6.45) is -4.25. The minimum absolute atomic E-state index is 0.427. The third-order valence-electron chi connectivity index (χ3n) is 1.55. The van der Waals surface area contributed by atoms with Crippen molar-refractivity contribution >= 4 is 5.91 Å². The van der Waals surface area contributed by atoms with Gasteiger partial charge in [-0.05, 0) is 6.42 Å². The van der Waals surface area contributed by atoms with Crippen molar-refractivity contribution in [2.75, 3.05) is 6.54 Å². The summed E-state index contributed by atoms with van der Waals surface area (Å²) in [6, 6.07) is -0.704. The predicted octanol–water partition coefficient (Wildman–Crippen LogP) is -0.534. The van der Waals surface area contributed by atoms with E-state index in [1.54, 1.807) is 6.92 Å². The lowest BCUT2D eigenvalue weighted by molar-refractivity contribution is -0.123. The molecule has 0 rings (SSSR count). The van der Waals surface area contributed by atoms with Crippen molar-refractivity contribution in [2.24, 2.45) is 5.73 Å². The van der Waals surface area contributed by atoms with Crippen LogP contribution in [0.25, 0.3) is 0 Å².